The summed E-state index contributed by atoms with van der Waals surface area (Å²) in [5.41, 5.74) is 2.42. The van der Waals surface area contributed by atoms with Crippen molar-refractivity contribution in [2.75, 3.05) is 19.0 Å². The SMILES string of the molecule is CCOC(=O)c1ccc2c(c1)NC(=O)C1(C[C@H]1CCc1ccc(OC)cc1)S2. The fourth-order valence-electron chi connectivity index (χ4n) is 3.71. The van der Waals surface area contributed by atoms with Crippen LogP contribution < -0.4 is 10.1 Å². The Hall–Kier alpha value is -2.47. The van der Waals surface area contributed by atoms with Crippen molar-refractivity contribution in [2.24, 2.45) is 5.92 Å². The third-order valence-corrected chi connectivity index (χ3v) is 7.03. The number of thioether (sulfide) groups is 1. The van der Waals surface area contributed by atoms with Crippen LogP contribution in [0.1, 0.15) is 35.7 Å². The molecule has 2 atom stereocenters. The van der Waals surface area contributed by atoms with Crippen molar-refractivity contribution >= 4 is 29.3 Å². The average molecular weight is 397 g/mol. The minimum Gasteiger partial charge on any atom is -0.497 e. The molecule has 1 spiro atoms. The summed E-state index contributed by atoms with van der Waals surface area (Å²) in [6.45, 7) is 2.10. The van der Waals surface area contributed by atoms with Gasteiger partial charge < -0.3 is 14.8 Å². The molecule has 1 unspecified atom stereocenters. The summed E-state index contributed by atoms with van der Waals surface area (Å²) in [5.74, 6) is 0.893. The van der Waals surface area contributed by atoms with Crippen LogP contribution in [0.25, 0.3) is 0 Å². The van der Waals surface area contributed by atoms with E-state index in [1.165, 1.54) is 5.56 Å². The molecule has 146 valence electrons. The van der Waals surface area contributed by atoms with E-state index in [0.717, 1.165) is 29.9 Å². The predicted molar refractivity (Wildman–Crippen MR) is 109 cm³/mol. The Labute approximate surface area is 168 Å². The van der Waals surface area contributed by atoms with Gasteiger partial charge in [0.05, 0.1) is 25.0 Å². The topological polar surface area (TPSA) is 64.6 Å². The third-order valence-electron chi connectivity index (χ3n) is 5.40. The second-order valence-corrected chi connectivity index (χ2v) is 8.54. The molecule has 0 radical (unpaired) electrons. The van der Waals surface area contributed by atoms with Crippen LogP contribution in [-0.2, 0) is 16.0 Å². The summed E-state index contributed by atoms with van der Waals surface area (Å²) in [4.78, 5) is 25.7. The summed E-state index contributed by atoms with van der Waals surface area (Å²) >= 11 is 1.63. The highest BCUT2D eigenvalue weighted by molar-refractivity contribution is 8.02. The van der Waals surface area contributed by atoms with Crippen molar-refractivity contribution in [1.82, 2.24) is 0 Å². The number of anilines is 1. The molecule has 2 aromatic rings. The first-order valence-corrected chi connectivity index (χ1v) is 10.3. The van der Waals surface area contributed by atoms with Crippen LogP contribution in [-0.4, -0.2) is 30.3 Å². The minimum absolute atomic E-state index is 0.0470. The number of ether oxygens (including phenoxy) is 2. The van der Waals surface area contributed by atoms with Crippen molar-refractivity contribution in [2.45, 2.75) is 35.8 Å². The van der Waals surface area contributed by atoms with Crippen molar-refractivity contribution < 1.29 is 19.1 Å². The molecule has 0 saturated heterocycles. The summed E-state index contributed by atoms with van der Waals surface area (Å²) in [7, 11) is 1.66. The highest BCUT2D eigenvalue weighted by atomic mass is 32.2. The van der Waals surface area contributed by atoms with Gasteiger partial charge in [-0.05, 0) is 68.0 Å². The van der Waals surface area contributed by atoms with Crippen LogP contribution in [0.5, 0.6) is 5.75 Å². The number of amides is 1. The number of methoxy groups -OCH3 is 1. The van der Waals surface area contributed by atoms with E-state index in [0.29, 0.717) is 23.8 Å². The maximum atomic E-state index is 12.8. The number of carbonyl (C=O) groups is 2. The van der Waals surface area contributed by atoms with Crippen LogP contribution in [0.15, 0.2) is 47.4 Å². The number of nitrogens with one attached hydrogen (secondary N) is 1. The Kier molecular flexibility index (Phi) is 5.06. The first-order chi connectivity index (χ1) is 13.6. The van der Waals surface area contributed by atoms with Crippen LogP contribution in [0.3, 0.4) is 0 Å². The third kappa shape index (κ3) is 3.49. The van der Waals surface area contributed by atoms with Gasteiger partial charge >= 0.3 is 5.97 Å². The van der Waals surface area contributed by atoms with Gasteiger partial charge in [-0.25, -0.2) is 4.79 Å². The highest BCUT2D eigenvalue weighted by Crippen LogP contribution is 2.62. The van der Waals surface area contributed by atoms with Crippen molar-refractivity contribution in [3.63, 3.8) is 0 Å². The molecular weight excluding hydrogens is 374 g/mol. The van der Waals surface area contributed by atoms with Crippen molar-refractivity contribution in [3.8, 4) is 5.75 Å². The fraction of sp³-hybridized carbons (Fsp3) is 0.364. The van der Waals surface area contributed by atoms with E-state index in [9.17, 15) is 9.59 Å². The number of esters is 1. The lowest BCUT2D eigenvalue weighted by molar-refractivity contribution is -0.116. The molecule has 1 N–H and O–H groups in total. The number of aryl methyl sites for hydroxylation is 1. The van der Waals surface area contributed by atoms with Gasteiger partial charge in [0.25, 0.3) is 0 Å². The van der Waals surface area contributed by atoms with Crippen LogP contribution in [0.4, 0.5) is 5.69 Å². The molecule has 0 aromatic heterocycles. The van der Waals surface area contributed by atoms with E-state index in [1.807, 2.05) is 18.2 Å². The smallest absolute Gasteiger partial charge is 0.338 e. The normalized spacial score (nSPS) is 22.4. The van der Waals surface area contributed by atoms with Crippen LogP contribution >= 0.6 is 11.8 Å². The van der Waals surface area contributed by atoms with Gasteiger partial charge in [-0.3, -0.25) is 4.79 Å². The van der Waals surface area contributed by atoms with E-state index in [1.54, 1.807) is 37.9 Å². The maximum absolute atomic E-state index is 12.8. The Morgan fingerprint density at radius 2 is 2.04 bits per heavy atom. The molecule has 1 heterocycles. The van der Waals surface area contributed by atoms with Crippen molar-refractivity contribution in [1.29, 1.82) is 0 Å². The molecule has 2 aromatic carbocycles. The summed E-state index contributed by atoms with van der Waals surface area (Å²) in [6.07, 6.45) is 2.81. The Balaban J connectivity index is 1.42. The van der Waals surface area contributed by atoms with E-state index in [2.05, 4.69) is 17.4 Å². The Morgan fingerprint density at radius 3 is 2.75 bits per heavy atom. The molecule has 28 heavy (non-hydrogen) atoms. The molecule has 6 heteroatoms. The number of carbonyl (C=O) groups excluding carboxylic acids is 2. The molecule has 1 aliphatic heterocycles. The molecule has 1 amide bonds. The summed E-state index contributed by atoms with van der Waals surface area (Å²) in [5, 5.41) is 3.01. The number of benzene rings is 2. The Morgan fingerprint density at radius 1 is 1.25 bits per heavy atom. The molecule has 1 fully saturated rings. The first kappa shape index (κ1) is 18.9. The zero-order chi connectivity index (χ0) is 19.7. The lowest BCUT2D eigenvalue weighted by atomic mass is 10.1. The largest absolute Gasteiger partial charge is 0.497 e. The van der Waals surface area contributed by atoms with Crippen molar-refractivity contribution in [3.05, 3.63) is 53.6 Å². The number of fused-ring (bicyclic) bond motifs is 1. The fourth-order valence-corrected chi connectivity index (χ4v) is 5.17. The van der Waals surface area contributed by atoms with Gasteiger partial charge in [0.15, 0.2) is 0 Å². The quantitative estimate of drug-likeness (QED) is 0.736. The van der Waals surface area contributed by atoms with Gasteiger partial charge in [-0.2, -0.15) is 0 Å². The van der Waals surface area contributed by atoms with E-state index < -0.39 is 0 Å². The van der Waals surface area contributed by atoms with Gasteiger partial charge in [0, 0.05) is 4.90 Å². The molecule has 1 aliphatic carbocycles. The van der Waals surface area contributed by atoms with E-state index in [-0.39, 0.29) is 16.6 Å². The maximum Gasteiger partial charge on any atom is 0.338 e. The van der Waals surface area contributed by atoms with E-state index >= 15 is 0 Å². The lowest BCUT2D eigenvalue weighted by Crippen LogP contribution is -2.32. The number of hydrogen-bond acceptors (Lipinski definition) is 5. The number of rotatable bonds is 6. The van der Waals surface area contributed by atoms with E-state index in [4.69, 9.17) is 9.47 Å². The zero-order valence-electron chi connectivity index (χ0n) is 16.0. The second kappa shape index (κ2) is 7.51. The molecule has 4 rings (SSSR count). The molecular formula is C22H23NO4S. The molecule has 2 aliphatic rings. The van der Waals surface area contributed by atoms with Gasteiger partial charge in [-0.1, -0.05) is 12.1 Å². The highest BCUT2D eigenvalue weighted by Gasteiger charge is 2.61. The molecule has 1 saturated carbocycles. The average Bonchev–Trinajstić information content (AvgIpc) is 3.41. The molecule has 0 bridgehead atoms. The summed E-state index contributed by atoms with van der Waals surface area (Å²) in [6, 6.07) is 13.5. The van der Waals surface area contributed by atoms with Gasteiger partial charge in [0.1, 0.15) is 10.5 Å². The van der Waals surface area contributed by atoms with Crippen LogP contribution in [0, 0.1) is 5.92 Å². The standard InChI is InChI=1S/C22H23NO4S/c1-3-27-20(24)15-7-11-19-18(12-15)23-21(25)22(28-19)13-16(22)8-4-14-5-9-17(26-2)10-6-14/h5-7,9-12,16H,3-4,8,13H2,1-2H3,(H,23,25)/t16-,22?/m1/s1. The first-order valence-electron chi connectivity index (χ1n) is 9.50. The van der Waals surface area contributed by atoms with Gasteiger partial charge in [-0.15, -0.1) is 11.8 Å². The lowest BCUT2D eigenvalue weighted by Gasteiger charge is -2.25. The van der Waals surface area contributed by atoms with Gasteiger partial charge in [0.2, 0.25) is 5.91 Å². The number of hydrogen-bond donors (Lipinski definition) is 1. The monoisotopic (exact) mass is 397 g/mol. The minimum atomic E-state index is -0.370. The van der Waals surface area contributed by atoms with Crippen LogP contribution in [0.2, 0.25) is 0 Å². The predicted octanol–water partition coefficient (Wildman–Crippen LogP) is 4.31. The second-order valence-electron chi connectivity index (χ2n) is 7.16. The molecule has 5 nitrogen and oxygen atoms in total. The Bertz CT molecular complexity index is 911. The zero-order valence-corrected chi connectivity index (χ0v) is 16.8. The summed E-state index contributed by atoms with van der Waals surface area (Å²) < 4.78 is 9.86.